The smallest absolute Gasteiger partial charge is 0.279 e. The van der Waals surface area contributed by atoms with E-state index in [2.05, 4.69) is 25.8 Å². The number of thiophene rings is 1. The van der Waals surface area contributed by atoms with E-state index in [9.17, 15) is 9.59 Å². The molecule has 0 saturated heterocycles. The van der Waals surface area contributed by atoms with E-state index in [0.29, 0.717) is 21.8 Å². The lowest BCUT2D eigenvalue weighted by molar-refractivity contribution is -0.119. The first-order valence-electron chi connectivity index (χ1n) is 9.18. The lowest BCUT2D eigenvalue weighted by atomic mass is 10.2. The van der Waals surface area contributed by atoms with Crippen LogP contribution in [-0.4, -0.2) is 31.1 Å². The van der Waals surface area contributed by atoms with Gasteiger partial charge in [-0.05, 0) is 24.5 Å². The second kappa shape index (κ2) is 8.18. The van der Waals surface area contributed by atoms with Crippen molar-refractivity contribution in [2.24, 2.45) is 0 Å². The number of aryl methyl sites for hydroxylation is 1. The topological polar surface area (TPSA) is 103 Å². The highest BCUT2D eigenvalue weighted by atomic mass is 32.1. The Morgan fingerprint density at radius 2 is 1.93 bits per heavy atom. The monoisotopic (exact) mass is 426 g/mol. The standard InChI is InChI=1S/C19H18N6O2S2/c1-3-13(16(26)20-19-23-21-15(4-2)29-19)25-18(27)12-10-14(28-17(12)22-24-25)11-8-6-5-7-9-11/h5-10,13H,3-4H2,1-2H3,(H,20,23,26). The number of carbonyl (C=O) groups excluding carboxylic acids is 1. The summed E-state index contributed by atoms with van der Waals surface area (Å²) in [6, 6.07) is 10.8. The second-order valence-electron chi connectivity index (χ2n) is 6.30. The lowest BCUT2D eigenvalue weighted by Crippen LogP contribution is -2.35. The van der Waals surface area contributed by atoms with Crippen molar-refractivity contribution in [3.05, 3.63) is 51.8 Å². The van der Waals surface area contributed by atoms with Crippen molar-refractivity contribution in [1.82, 2.24) is 25.2 Å². The predicted octanol–water partition coefficient (Wildman–Crippen LogP) is 3.52. The number of carbonyl (C=O) groups is 1. The third-order valence-corrected chi connectivity index (χ3v) is 6.48. The van der Waals surface area contributed by atoms with Gasteiger partial charge in [-0.25, -0.2) is 0 Å². The molecule has 3 heterocycles. The molecule has 29 heavy (non-hydrogen) atoms. The molecule has 0 aliphatic rings. The minimum absolute atomic E-state index is 0.332. The van der Waals surface area contributed by atoms with Gasteiger partial charge in [0.05, 0.1) is 5.39 Å². The van der Waals surface area contributed by atoms with E-state index in [-0.39, 0.29) is 11.5 Å². The van der Waals surface area contributed by atoms with Crippen LogP contribution in [0.15, 0.2) is 41.2 Å². The third kappa shape index (κ3) is 3.81. The SMILES string of the molecule is CCc1nnc(NC(=O)C(CC)n2nnc3sc(-c4ccccc4)cc3c2=O)s1. The highest BCUT2D eigenvalue weighted by Crippen LogP contribution is 2.30. The molecular formula is C19H18N6O2S2. The Balaban J connectivity index is 1.67. The van der Waals surface area contributed by atoms with Crippen molar-refractivity contribution < 1.29 is 4.79 Å². The van der Waals surface area contributed by atoms with E-state index < -0.39 is 6.04 Å². The Morgan fingerprint density at radius 3 is 2.62 bits per heavy atom. The molecule has 1 N–H and O–H groups in total. The van der Waals surface area contributed by atoms with E-state index in [1.807, 2.05) is 50.2 Å². The minimum Gasteiger partial charge on any atom is -0.299 e. The van der Waals surface area contributed by atoms with Gasteiger partial charge < -0.3 is 0 Å². The van der Waals surface area contributed by atoms with E-state index in [1.165, 1.54) is 22.7 Å². The normalized spacial score (nSPS) is 12.2. The lowest BCUT2D eigenvalue weighted by Gasteiger charge is -2.14. The quantitative estimate of drug-likeness (QED) is 0.506. The van der Waals surface area contributed by atoms with Crippen LogP contribution in [0.5, 0.6) is 0 Å². The summed E-state index contributed by atoms with van der Waals surface area (Å²) in [6.07, 6.45) is 1.13. The largest absolute Gasteiger partial charge is 0.299 e. The van der Waals surface area contributed by atoms with Gasteiger partial charge in [-0.1, -0.05) is 60.7 Å². The van der Waals surface area contributed by atoms with Crippen LogP contribution < -0.4 is 10.9 Å². The zero-order valence-corrected chi connectivity index (χ0v) is 17.5. The van der Waals surface area contributed by atoms with Crippen molar-refractivity contribution in [2.75, 3.05) is 5.32 Å². The zero-order valence-electron chi connectivity index (χ0n) is 15.8. The number of aromatic nitrogens is 5. The molecule has 0 radical (unpaired) electrons. The van der Waals surface area contributed by atoms with E-state index >= 15 is 0 Å². The minimum atomic E-state index is -0.784. The van der Waals surface area contributed by atoms with Crippen molar-refractivity contribution in [1.29, 1.82) is 0 Å². The van der Waals surface area contributed by atoms with Gasteiger partial charge >= 0.3 is 0 Å². The summed E-state index contributed by atoms with van der Waals surface area (Å²) in [5.74, 6) is -0.361. The zero-order chi connectivity index (χ0) is 20.4. The van der Waals surface area contributed by atoms with E-state index in [1.54, 1.807) is 0 Å². The van der Waals surface area contributed by atoms with Gasteiger partial charge in [0.1, 0.15) is 11.0 Å². The number of fused-ring (bicyclic) bond motifs is 1. The Bertz CT molecular complexity index is 1210. The van der Waals surface area contributed by atoms with Gasteiger partial charge in [0.25, 0.3) is 11.5 Å². The first kappa shape index (κ1) is 19.3. The molecule has 0 spiro atoms. The van der Waals surface area contributed by atoms with Crippen LogP contribution in [0, 0.1) is 0 Å². The number of nitrogens with zero attached hydrogens (tertiary/aromatic N) is 5. The molecule has 4 rings (SSSR count). The van der Waals surface area contributed by atoms with Crippen LogP contribution in [-0.2, 0) is 11.2 Å². The van der Waals surface area contributed by atoms with Gasteiger partial charge in [-0.3, -0.25) is 14.9 Å². The van der Waals surface area contributed by atoms with Crippen LogP contribution in [0.3, 0.4) is 0 Å². The first-order chi connectivity index (χ1) is 14.1. The number of hydrogen-bond acceptors (Lipinski definition) is 8. The van der Waals surface area contributed by atoms with Crippen molar-refractivity contribution in [3.63, 3.8) is 0 Å². The molecule has 3 aromatic heterocycles. The summed E-state index contributed by atoms with van der Waals surface area (Å²) in [5.41, 5.74) is 0.677. The maximum Gasteiger partial charge on any atom is 0.279 e. The van der Waals surface area contributed by atoms with Crippen LogP contribution in [0.4, 0.5) is 5.13 Å². The summed E-state index contributed by atoms with van der Waals surface area (Å²) < 4.78 is 1.15. The number of anilines is 1. The van der Waals surface area contributed by atoms with Gasteiger partial charge in [0.15, 0.2) is 4.83 Å². The highest BCUT2D eigenvalue weighted by molar-refractivity contribution is 7.21. The fourth-order valence-electron chi connectivity index (χ4n) is 2.92. The molecule has 1 unspecified atom stereocenters. The maximum atomic E-state index is 13.0. The summed E-state index contributed by atoms with van der Waals surface area (Å²) >= 11 is 2.72. The molecular weight excluding hydrogens is 408 g/mol. The summed E-state index contributed by atoms with van der Waals surface area (Å²) in [5, 5.41) is 20.6. The van der Waals surface area contributed by atoms with Crippen LogP contribution in [0.25, 0.3) is 20.7 Å². The number of hydrogen-bond donors (Lipinski definition) is 1. The third-order valence-electron chi connectivity index (χ3n) is 4.43. The number of benzene rings is 1. The second-order valence-corrected chi connectivity index (χ2v) is 8.40. The van der Waals surface area contributed by atoms with Gasteiger partial charge in [0.2, 0.25) is 5.13 Å². The molecule has 0 aliphatic heterocycles. The molecule has 8 nitrogen and oxygen atoms in total. The van der Waals surface area contributed by atoms with Gasteiger partial charge in [-0.15, -0.1) is 26.6 Å². The molecule has 1 atom stereocenters. The number of rotatable bonds is 6. The maximum absolute atomic E-state index is 13.0. The molecule has 4 aromatic rings. The van der Waals surface area contributed by atoms with Crippen LogP contribution in [0.2, 0.25) is 0 Å². The number of amides is 1. The summed E-state index contributed by atoms with van der Waals surface area (Å²) in [4.78, 5) is 27.3. The highest BCUT2D eigenvalue weighted by Gasteiger charge is 2.24. The van der Waals surface area contributed by atoms with Gasteiger partial charge in [0, 0.05) is 4.88 Å². The molecule has 0 fully saturated rings. The fourth-order valence-corrected chi connectivity index (χ4v) is 4.57. The van der Waals surface area contributed by atoms with E-state index in [4.69, 9.17) is 0 Å². The van der Waals surface area contributed by atoms with E-state index in [0.717, 1.165) is 26.6 Å². The number of nitrogens with one attached hydrogen (secondary N) is 1. The molecule has 10 heteroatoms. The van der Waals surface area contributed by atoms with Crippen molar-refractivity contribution in [2.45, 2.75) is 32.7 Å². The first-order valence-corrected chi connectivity index (χ1v) is 10.8. The summed E-state index contributed by atoms with van der Waals surface area (Å²) in [7, 11) is 0. The van der Waals surface area contributed by atoms with Crippen molar-refractivity contribution >= 4 is 43.9 Å². The average Bonchev–Trinajstić information content (AvgIpc) is 3.38. The molecule has 1 amide bonds. The predicted molar refractivity (Wildman–Crippen MR) is 114 cm³/mol. The Morgan fingerprint density at radius 1 is 1.14 bits per heavy atom. The summed E-state index contributed by atoms with van der Waals surface area (Å²) in [6.45, 7) is 3.79. The van der Waals surface area contributed by atoms with Crippen molar-refractivity contribution in [3.8, 4) is 10.4 Å². The Kier molecular flexibility index (Phi) is 5.45. The molecule has 0 bridgehead atoms. The average molecular weight is 427 g/mol. The fraction of sp³-hybridized carbons (Fsp3) is 0.263. The van der Waals surface area contributed by atoms with Crippen LogP contribution >= 0.6 is 22.7 Å². The Labute approximate surface area is 174 Å². The Hall–Kier alpha value is -2.98. The van der Waals surface area contributed by atoms with Crippen LogP contribution in [0.1, 0.15) is 31.3 Å². The van der Waals surface area contributed by atoms with Gasteiger partial charge in [-0.2, -0.15) is 4.68 Å². The molecule has 0 aliphatic carbocycles. The molecule has 1 aromatic carbocycles. The molecule has 0 saturated carbocycles. The molecule has 148 valence electrons.